The molecule has 0 amide bonds. The monoisotopic (exact) mass is 295 g/mol. The highest BCUT2D eigenvalue weighted by atomic mass is 16.8. The molecule has 1 aliphatic rings. The number of ether oxygens (including phenoxy) is 1. The minimum Gasteiger partial charge on any atom is -0.569 e. The van der Waals surface area contributed by atoms with E-state index >= 15 is 0 Å². The van der Waals surface area contributed by atoms with Crippen molar-refractivity contribution < 1.29 is 24.4 Å². The Labute approximate surface area is 121 Å². The fourth-order valence-electron chi connectivity index (χ4n) is 1.81. The second kappa shape index (κ2) is 6.89. The molecule has 0 radical (unpaired) electrons. The largest absolute Gasteiger partial charge is 0.569 e. The summed E-state index contributed by atoms with van der Waals surface area (Å²) in [5.41, 5.74) is 0.384. The molecular formula is C13H17N3O5. The van der Waals surface area contributed by atoms with Crippen LogP contribution >= 0.6 is 0 Å². The molecule has 114 valence electrons. The van der Waals surface area contributed by atoms with Crippen molar-refractivity contribution in [2.75, 3.05) is 13.2 Å². The topological polar surface area (TPSA) is 97.4 Å². The maximum Gasteiger partial charge on any atom is 0.341 e. The lowest BCUT2D eigenvalue weighted by molar-refractivity contribution is -0.734. The zero-order chi connectivity index (χ0) is 15.2. The number of rotatable bonds is 6. The van der Waals surface area contributed by atoms with Crippen LogP contribution in [0.5, 0.6) is 0 Å². The van der Waals surface area contributed by atoms with Gasteiger partial charge in [0.25, 0.3) is 6.29 Å². The van der Waals surface area contributed by atoms with Crippen molar-refractivity contribution in [2.24, 2.45) is 5.28 Å². The van der Waals surface area contributed by atoms with E-state index in [1.807, 2.05) is 0 Å². The normalized spacial score (nSPS) is 19.6. The number of aliphatic hydroxyl groups excluding tert-OH is 1. The smallest absolute Gasteiger partial charge is 0.341 e. The lowest BCUT2D eigenvalue weighted by Crippen LogP contribution is -2.53. The second-order valence-corrected chi connectivity index (χ2v) is 4.57. The van der Waals surface area contributed by atoms with Crippen molar-refractivity contribution in [1.29, 1.82) is 0 Å². The number of aliphatic hydroxyl groups is 1. The Morgan fingerprint density at radius 1 is 1.57 bits per heavy atom. The minimum atomic E-state index is -0.997. The maximum absolute atomic E-state index is 11.7. The minimum absolute atomic E-state index is 0.118. The van der Waals surface area contributed by atoms with Crippen LogP contribution in [0.1, 0.15) is 23.7 Å². The molecule has 1 heterocycles. The van der Waals surface area contributed by atoms with E-state index in [2.05, 4.69) is 5.28 Å². The van der Waals surface area contributed by atoms with Gasteiger partial charge in [0.15, 0.2) is 0 Å². The first-order chi connectivity index (χ1) is 10.1. The van der Waals surface area contributed by atoms with E-state index in [-0.39, 0.29) is 17.6 Å². The Balaban J connectivity index is 1.82. The van der Waals surface area contributed by atoms with Crippen molar-refractivity contribution in [3.05, 3.63) is 41.1 Å². The summed E-state index contributed by atoms with van der Waals surface area (Å²) in [6, 6.07) is 8.19. The first kappa shape index (κ1) is 15.0. The highest BCUT2D eigenvalue weighted by Gasteiger charge is 2.34. The first-order valence-corrected chi connectivity index (χ1v) is 6.59. The highest BCUT2D eigenvalue weighted by molar-refractivity contribution is 5.89. The van der Waals surface area contributed by atoms with E-state index in [1.165, 1.54) is 11.9 Å². The number of benzene rings is 1. The van der Waals surface area contributed by atoms with Gasteiger partial charge in [-0.1, -0.05) is 18.2 Å². The standard InChI is InChI=1S/C13H17N3O5/c1-10(20-13(18)11-5-3-2-4-6-11)21-14-16(19)15-8-7-12(15)9-17/h2-6,10,12,17H,7-9H2,1H3/b16-14-/t10?,12-/m0/s1. The van der Waals surface area contributed by atoms with Crippen LogP contribution in [0.3, 0.4) is 0 Å². The van der Waals surface area contributed by atoms with Crippen LogP contribution in [0.2, 0.25) is 0 Å². The van der Waals surface area contributed by atoms with E-state index in [4.69, 9.17) is 14.7 Å². The number of esters is 1. The SMILES string of the molecule is CC(O/N=[N+](\[O-])N1CC[C@H]1CO)OC(=O)c1ccccc1. The molecule has 8 heteroatoms. The summed E-state index contributed by atoms with van der Waals surface area (Å²) in [5.74, 6) is -0.562. The molecule has 0 aromatic heterocycles. The maximum atomic E-state index is 11.7. The number of nitrogens with zero attached hydrogens (tertiary/aromatic N) is 3. The van der Waals surface area contributed by atoms with Gasteiger partial charge >= 0.3 is 5.97 Å². The summed E-state index contributed by atoms with van der Waals surface area (Å²) in [6.07, 6.45) is -0.272. The third-order valence-electron chi connectivity index (χ3n) is 3.09. The van der Waals surface area contributed by atoms with E-state index in [9.17, 15) is 10.0 Å². The molecule has 1 aromatic carbocycles. The van der Waals surface area contributed by atoms with Gasteiger partial charge in [-0.05, 0) is 18.6 Å². The summed E-state index contributed by atoms with van der Waals surface area (Å²) in [6.45, 7) is 1.84. The summed E-state index contributed by atoms with van der Waals surface area (Å²) >= 11 is 0. The molecule has 2 atom stereocenters. The number of carbonyl (C=O) groups excluding carboxylic acids is 1. The van der Waals surface area contributed by atoms with Crippen LogP contribution in [0.25, 0.3) is 0 Å². The second-order valence-electron chi connectivity index (χ2n) is 4.57. The van der Waals surface area contributed by atoms with Crippen molar-refractivity contribution in [2.45, 2.75) is 25.7 Å². The molecular weight excluding hydrogens is 278 g/mol. The number of hydrazine groups is 1. The molecule has 1 saturated heterocycles. The van der Waals surface area contributed by atoms with E-state index in [1.54, 1.807) is 30.3 Å². The van der Waals surface area contributed by atoms with Crippen LogP contribution < -0.4 is 0 Å². The Hall–Kier alpha value is -2.35. The van der Waals surface area contributed by atoms with Gasteiger partial charge in [0.1, 0.15) is 6.04 Å². The van der Waals surface area contributed by atoms with Gasteiger partial charge < -0.3 is 15.1 Å². The summed E-state index contributed by atoms with van der Waals surface area (Å²) < 4.78 is 4.98. The summed E-state index contributed by atoms with van der Waals surface area (Å²) in [5, 5.41) is 25.1. The molecule has 0 saturated carbocycles. The average Bonchev–Trinajstić information content (AvgIpc) is 2.45. The van der Waals surface area contributed by atoms with Crippen molar-refractivity contribution in [3.63, 3.8) is 0 Å². The van der Waals surface area contributed by atoms with Crippen LogP contribution in [0.4, 0.5) is 0 Å². The number of hydrogen-bond acceptors (Lipinski definition) is 6. The fraction of sp³-hybridized carbons (Fsp3) is 0.462. The Morgan fingerprint density at radius 2 is 2.29 bits per heavy atom. The van der Waals surface area contributed by atoms with Crippen LogP contribution in [-0.4, -0.2) is 46.5 Å². The fourth-order valence-corrected chi connectivity index (χ4v) is 1.81. The van der Waals surface area contributed by atoms with Gasteiger partial charge in [-0.3, -0.25) is 4.84 Å². The molecule has 1 aliphatic heterocycles. The van der Waals surface area contributed by atoms with Crippen LogP contribution in [-0.2, 0) is 9.57 Å². The molecule has 0 aliphatic carbocycles. The lowest BCUT2D eigenvalue weighted by atomic mass is 10.1. The predicted molar refractivity (Wildman–Crippen MR) is 70.7 cm³/mol. The third-order valence-corrected chi connectivity index (χ3v) is 3.09. The summed E-state index contributed by atoms with van der Waals surface area (Å²) in [7, 11) is 0. The van der Waals surface area contributed by atoms with Crippen molar-refractivity contribution in [1.82, 2.24) is 5.01 Å². The van der Waals surface area contributed by atoms with Crippen LogP contribution in [0.15, 0.2) is 35.6 Å². The van der Waals surface area contributed by atoms with Gasteiger partial charge in [-0.2, -0.15) is 0 Å². The van der Waals surface area contributed by atoms with E-state index in [0.29, 0.717) is 12.1 Å². The Kier molecular flexibility index (Phi) is 4.94. The summed E-state index contributed by atoms with van der Waals surface area (Å²) in [4.78, 5) is 16.8. The molecule has 1 fully saturated rings. The van der Waals surface area contributed by atoms with Gasteiger partial charge in [-0.25, -0.2) is 4.79 Å². The molecule has 8 nitrogen and oxygen atoms in total. The molecule has 21 heavy (non-hydrogen) atoms. The molecule has 2 rings (SSSR count). The lowest BCUT2D eigenvalue weighted by Gasteiger charge is -2.33. The van der Waals surface area contributed by atoms with Gasteiger partial charge in [0.05, 0.1) is 23.7 Å². The van der Waals surface area contributed by atoms with Crippen molar-refractivity contribution >= 4 is 5.97 Å². The molecule has 1 aromatic rings. The van der Waals surface area contributed by atoms with Crippen molar-refractivity contribution in [3.8, 4) is 0 Å². The Morgan fingerprint density at radius 3 is 2.86 bits per heavy atom. The zero-order valence-electron chi connectivity index (χ0n) is 11.6. The first-order valence-electron chi connectivity index (χ1n) is 6.59. The van der Waals surface area contributed by atoms with E-state index in [0.717, 1.165) is 6.42 Å². The van der Waals surface area contributed by atoms with E-state index < -0.39 is 12.3 Å². The number of hydrogen-bond donors (Lipinski definition) is 1. The average molecular weight is 295 g/mol. The molecule has 0 bridgehead atoms. The molecule has 0 spiro atoms. The molecule has 1 N–H and O–H groups in total. The third kappa shape index (κ3) is 3.82. The highest BCUT2D eigenvalue weighted by Crippen LogP contribution is 2.16. The Bertz CT molecular complexity index is 506. The van der Waals surface area contributed by atoms with Gasteiger partial charge in [0.2, 0.25) is 5.28 Å². The zero-order valence-corrected chi connectivity index (χ0v) is 11.6. The molecule has 1 unspecified atom stereocenters. The van der Waals surface area contributed by atoms with Gasteiger partial charge in [0, 0.05) is 6.92 Å². The van der Waals surface area contributed by atoms with Gasteiger partial charge in [-0.15, -0.1) is 5.01 Å². The number of carbonyl (C=O) groups is 1. The quantitative estimate of drug-likeness (QED) is 0.277. The van der Waals surface area contributed by atoms with Crippen LogP contribution in [0, 0.1) is 5.21 Å². The predicted octanol–water partition coefficient (Wildman–Crippen LogP) is 1.07.